The molecule has 1 aromatic carbocycles. The van der Waals surface area contributed by atoms with E-state index in [0.29, 0.717) is 21.7 Å². The first-order valence-electron chi connectivity index (χ1n) is 3.74. The molecule has 0 spiro atoms. The zero-order chi connectivity index (χ0) is 9.97. The predicted molar refractivity (Wildman–Crippen MR) is 52.9 cm³/mol. The first-order chi connectivity index (χ1) is 6.75. The molecule has 1 N–H and O–H groups in total. The minimum atomic E-state index is 0.378. The molecule has 0 saturated heterocycles. The van der Waals surface area contributed by atoms with Crippen LogP contribution < -0.4 is 4.74 Å². The molecule has 14 heavy (non-hydrogen) atoms. The van der Waals surface area contributed by atoms with Gasteiger partial charge in [-0.2, -0.15) is 10.3 Å². The van der Waals surface area contributed by atoms with Crippen LogP contribution in [0.1, 0.15) is 0 Å². The van der Waals surface area contributed by atoms with Crippen LogP contribution in [0.2, 0.25) is 10.0 Å². The lowest BCUT2D eigenvalue weighted by Crippen LogP contribution is -1.84. The summed E-state index contributed by atoms with van der Waals surface area (Å²) in [6.45, 7) is 0. The first-order valence-corrected chi connectivity index (χ1v) is 4.50. The number of aromatic amines is 1. The summed E-state index contributed by atoms with van der Waals surface area (Å²) in [7, 11) is 0. The number of H-pyrrole nitrogens is 1. The maximum Gasteiger partial charge on any atom is 0.258 e. The lowest BCUT2D eigenvalue weighted by molar-refractivity contribution is 0.461. The number of ether oxygens (including phenoxy) is 1. The van der Waals surface area contributed by atoms with E-state index in [1.54, 1.807) is 18.2 Å². The summed E-state index contributed by atoms with van der Waals surface area (Å²) in [5.41, 5.74) is 0. The number of hydrogen-bond donors (Lipinski definition) is 1. The van der Waals surface area contributed by atoms with Gasteiger partial charge in [0.1, 0.15) is 11.9 Å². The van der Waals surface area contributed by atoms with Gasteiger partial charge in [-0.1, -0.05) is 23.2 Å². The van der Waals surface area contributed by atoms with E-state index in [-0.39, 0.29) is 0 Å². The van der Waals surface area contributed by atoms with Crippen LogP contribution in [0, 0.1) is 0 Å². The highest BCUT2D eigenvalue weighted by Gasteiger charge is 2.02. The molecule has 1 aromatic heterocycles. The molecular formula is C8H5Cl2N3O. The molecule has 6 heteroatoms. The van der Waals surface area contributed by atoms with Crippen LogP contribution in [0.5, 0.6) is 11.6 Å². The van der Waals surface area contributed by atoms with Crippen molar-refractivity contribution in [2.45, 2.75) is 0 Å². The van der Waals surface area contributed by atoms with Crippen LogP contribution in [0.15, 0.2) is 24.4 Å². The van der Waals surface area contributed by atoms with Crippen LogP contribution in [-0.2, 0) is 0 Å². The average molecular weight is 230 g/mol. The fraction of sp³-hybridized carbons (Fsp3) is 0. The number of nitrogens with zero attached hydrogens (tertiary/aromatic N) is 2. The lowest BCUT2D eigenvalue weighted by Gasteiger charge is -2.02. The quantitative estimate of drug-likeness (QED) is 0.862. The van der Waals surface area contributed by atoms with Gasteiger partial charge in [-0.15, -0.1) is 5.10 Å². The van der Waals surface area contributed by atoms with Crippen molar-refractivity contribution in [1.29, 1.82) is 0 Å². The van der Waals surface area contributed by atoms with Crippen molar-refractivity contribution in [3.63, 3.8) is 0 Å². The summed E-state index contributed by atoms with van der Waals surface area (Å²) in [6, 6.07) is 4.96. The van der Waals surface area contributed by atoms with Crippen LogP contribution in [0.25, 0.3) is 0 Å². The smallest absolute Gasteiger partial charge is 0.258 e. The van der Waals surface area contributed by atoms with E-state index in [0.717, 1.165) is 0 Å². The molecule has 72 valence electrons. The average Bonchev–Trinajstić information content (AvgIpc) is 2.64. The van der Waals surface area contributed by atoms with Crippen molar-refractivity contribution in [3.8, 4) is 11.6 Å². The van der Waals surface area contributed by atoms with Crippen LogP contribution in [0.4, 0.5) is 0 Å². The highest BCUT2D eigenvalue weighted by atomic mass is 35.5. The molecular weight excluding hydrogens is 225 g/mol. The van der Waals surface area contributed by atoms with Crippen LogP contribution in [-0.4, -0.2) is 15.4 Å². The fourth-order valence-corrected chi connectivity index (χ4v) is 1.19. The Morgan fingerprint density at radius 2 is 2.07 bits per heavy atom. The van der Waals surface area contributed by atoms with Crippen LogP contribution in [0.3, 0.4) is 0 Å². The Bertz CT molecular complexity index is 430. The third-order valence-corrected chi connectivity index (χ3v) is 2.25. The summed E-state index contributed by atoms with van der Waals surface area (Å²) < 4.78 is 5.31. The second kappa shape index (κ2) is 3.86. The third-order valence-electron chi connectivity index (χ3n) is 1.51. The SMILES string of the molecule is Clc1ccc(Oc2cn[nH]n2)cc1Cl. The Morgan fingerprint density at radius 1 is 1.21 bits per heavy atom. The monoisotopic (exact) mass is 229 g/mol. The molecule has 0 aliphatic heterocycles. The Balaban J connectivity index is 2.22. The minimum Gasteiger partial charge on any atom is -0.436 e. The van der Waals surface area contributed by atoms with Crippen molar-refractivity contribution < 1.29 is 4.74 Å². The number of hydrogen-bond acceptors (Lipinski definition) is 3. The van der Waals surface area contributed by atoms with E-state index < -0.39 is 0 Å². The predicted octanol–water partition coefficient (Wildman–Crippen LogP) is 2.90. The minimum absolute atomic E-state index is 0.378. The summed E-state index contributed by atoms with van der Waals surface area (Å²) in [6.07, 6.45) is 1.46. The largest absolute Gasteiger partial charge is 0.436 e. The molecule has 2 aromatic rings. The highest BCUT2D eigenvalue weighted by Crippen LogP contribution is 2.28. The molecule has 4 nitrogen and oxygen atoms in total. The fourth-order valence-electron chi connectivity index (χ4n) is 0.901. The molecule has 1 heterocycles. The molecule has 0 aliphatic rings. The van der Waals surface area contributed by atoms with Crippen molar-refractivity contribution in [3.05, 3.63) is 34.4 Å². The Hall–Kier alpha value is -1.26. The van der Waals surface area contributed by atoms with Gasteiger partial charge in [0.15, 0.2) is 0 Å². The Kier molecular flexibility index (Phi) is 2.56. The molecule has 0 bridgehead atoms. The van der Waals surface area contributed by atoms with E-state index in [1.807, 2.05) is 0 Å². The normalized spacial score (nSPS) is 10.1. The summed E-state index contributed by atoms with van der Waals surface area (Å²) in [5.74, 6) is 0.941. The lowest BCUT2D eigenvalue weighted by atomic mass is 10.3. The summed E-state index contributed by atoms with van der Waals surface area (Å²) in [4.78, 5) is 0. The first kappa shape index (κ1) is 9.30. The van der Waals surface area contributed by atoms with Gasteiger partial charge in [0.2, 0.25) is 0 Å². The van der Waals surface area contributed by atoms with Gasteiger partial charge in [0, 0.05) is 6.07 Å². The third kappa shape index (κ3) is 1.97. The number of aromatic nitrogens is 3. The number of rotatable bonds is 2. The second-order valence-corrected chi connectivity index (χ2v) is 3.30. The maximum absolute atomic E-state index is 5.80. The Morgan fingerprint density at radius 3 is 2.71 bits per heavy atom. The van der Waals surface area contributed by atoms with Crippen molar-refractivity contribution in [2.24, 2.45) is 0 Å². The molecule has 0 unspecified atom stereocenters. The van der Waals surface area contributed by atoms with Gasteiger partial charge in [0.05, 0.1) is 10.0 Å². The topological polar surface area (TPSA) is 50.8 Å². The van der Waals surface area contributed by atoms with E-state index in [4.69, 9.17) is 27.9 Å². The molecule has 0 aliphatic carbocycles. The van der Waals surface area contributed by atoms with Crippen molar-refractivity contribution in [1.82, 2.24) is 15.4 Å². The van der Waals surface area contributed by atoms with Gasteiger partial charge in [0.25, 0.3) is 5.88 Å². The van der Waals surface area contributed by atoms with E-state index >= 15 is 0 Å². The molecule has 0 amide bonds. The maximum atomic E-state index is 5.80. The number of benzene rings is 1. The molecule has 2 rings (SSSR count). The van der Waals surface area contributed by atoms with Gasteiger partial charge in [-0.05, 0) is 12.1 Å². The molecule has 0 atom stereocenters. The van der Waals surface area contributed by atoms with E-state index in [2.05, 4.69) is 15.4 Å². The molecule has 0 fully saturated rings. The molecule has 0 radical (unpaired) electrons. The van der Waals surface area contributed by atoms with Crippen LogP contribution >= 0.6 is 23.2 Å². The Labute approximate surface area is 89.8 Å². The zero-order valence-electron chi connectivity index (χ0n) is 6.87. The van der Waals surface area contributed by atoms with E-state index in [9.17, 15) is 0 Å². The number of halogens is 2. The van der Waals surface area contributed by atoms with Crippen molar-refractivity contribution in [2.75, 3.05) is 0 Å². The van der Waals surface area contributed by atoms with E-state index in [1.165, 1.54) is 6.20 Å². The zero-order valence-corrected chi connectivity index (χ0v) is 8.38. The van der Waals surface area contributed by atoms with Crippen molar-refractivity contribution >= 4 is 23.2 Å². The van der Waals surface area contributed by atoms with Gasteiger partial charge in [-0.25, -0.2) is 0 Å². The number of nitrogens with one attached hydrogen (secondary N) is 1. The summed E-state index contributed by atoms with van der Waals surface area (Å²) >= 11 is 11.5. The van der Waals surface area contributed by atoms with Gasteiger partial charge in [-0.3, -0.25) is 0 Å². The standard InChI is InChI=1S/C8H5Cl2N3O/c9-6-2-1-5(3-7(6)10)14-8-4-11-13-12-8/h1-4H,(H,11,12,13). The van der Waals surface area contributed by atoms with Gasteiger partial charge >= 0.3 is 0 Å². The highest BCUT2D eigenvalue weighted by molar-refractivity contribution is 6.42. The second-order valence-electron chi connectivity index (χ2n) is 2.49. The molecule has 0 saturated carbocycles. The summed E-state index contributed by atoms with van der Waals surface area (Å²) in [5, 5.41) is 10.7. The van der Waals surface area contributed by atoms with Gasteiger partial charge < -0.3 is 4.74 Å².